The number of hydrogen-bond acceptors (Lipinski definition) is 1. The molecule has 0 atom stereocenters. The number of halogens is 2. The van der Waals surface area contributed by atoms with Gasteiger partial charge in [-0.05, 0) is 52.7 Å². The summed E-state index contributed by atoms with van der Waals surface area (Å²) in [5, 5.41) is 0. The minimum atomic E-state index is 0.0171. The minimum Gasteiger partial charge on any atom is -0.337 e. The highest BCUT2D eigenvalue weighted by Gasteiger charge is 2.15. The quantitative estimate of drug-likeness (QED) is 0.730. The molecule has 0 N–H and O–H groups in total. The number of carbonyl (C=O) groups excluding carboxylic acids is 1. The summed E-state index contributed by atoms with van der Waals surface area (Å²) in [5.41, 5.74) is 2.88. The molecule has 20 heavy (non-hydrogen) atoms. The Labute approximate surface area is 136 Å². The molecule has 0 saturated carbocycles. The van der Waals surface area contributed by atoms with Crippen molar-refractivity contribution in [1.82, 2.24) is 4.90 Å². The second-order valence-corrected chi connectivity index (χ2v) is 6.54. The van der Waals surface area contributed by atoms with Crippen LogP contribution < -0.4 is 0 Å². The molecule has 0 aliphatic carbocycles. The number of nitrogens with zero attached hydrogens (tertiary/aromatic N) is 1. The number of carbonyl (C=O) groups is 1. The van der Waals surface area contributed by atoms with Gasteiger partial charge in [-0.1, -0.05) is 39.7 Å². The van der Waals surface area contributed by atoms with E-state index in [0.29, 0.717) is 12.1 Å². The normalized spacial score (nSPS) is 10.4. The van der Waals surface area contributed by atoms with Crippen molar-refractivity contribution in [3.05, 3.63) is 68.1 Å². The maximum atomic E-state index is 12.5. The molecule has 104 valence electrons. The Morgan fingerprint density at radius 1 is 1.10 bits per heavy atom. The van der Waals surface area contributed by atoms with E-state index in [9.17, 15) is 4.79 Å². The van der Waals surface area contributed by atoms with Gasteiger partial charge in [-0.25, -0.2) is 0 Å². The Bertz CT molecular complexity index is 623. The summed E-state index contributed by atoms with van der Waals surface area (Å²) in [7, 11) is 1.82. The van der Waals surface area contributed by atoms with E-state index < -0.39 is 0 Å². The summed E-state index contributed by atoms with van der Waals surface area (Å²) >= 11 is 6.85. The van der Waals surface area contributed by atoms with Crippen molar-refractivity contribution in [2.24, 2.45) is 0 Å². The number of rotatable bonds is 3. The summed E-state index contributed by atoms with van der Waals surface area (Å²) in [6.07, 6.45) is 0. The van der Waals surface area contributed by atoms with Gasteiger partial charge in [0.25, 0.3) is 5.91 Å². The van der Waals surface area contributed by atoms with Crippen molar-refractivity contribution >= 4 is 37.8 Å². The van der Waals surface area contributed by atoms with Crippen LogP contribution in [0.3, 0.4) is 0 Å². The highest BCUT2D eigenvalue weighted by molar-refractivity contribution is 9.10. The van der Waals surface area contributed by atoms with Gasteiger partial charge in [0, 0.05) is 22.5 Å². The molecule has 1 amide bonds. The third-order valence-corrected chi connectivity index (χ3v) is 4.25. The first-order valence-corrected chi connectivity index (χ1v) is 7.82. The molecule has 2 rings (SSSR count). The number of hydrogen-bond donors (Lipinski definition) is 0. The molecule has 2 nitrogen and oxygen atoms in total. The van der Waals surface area contributed by atoms with E-state index in [1.165, 1.54) is 0 Å². The van der Waals surface area contributed by atoms with Crippen LogP contribution in [-0.2, 0) is 6.54 Å². The van der Waals surface area contributed by atoms with Gasteiger partial charge >= 0.3 is 0 Å². The summed E-state index contributed by atoms with van der Waals surface area (Å²) in [6, 6.07) is 13.8. The lowest BCUT2D eigenvalue weighted by atomic mass is 10.1. The molecular weight excluding hydrogens is 382 g/mol. The first-order chi connectivity index (χ1) is 9.47. The van der Waals surface area contributed by atoms with Crippen LogP contribution in [-0.4, -0.2) is 17.9 Å². The lowest BCUT2D eigenvalue weighted by Gasteiger charge is -2.18. The van der Waals surface area contributed by atoms with E-state index in [0.717, 1.165) is 20.1 Å². The maximum Gasteiger partial charge on any atom is 0.255 e. The predicted octanol–water partition coefficient (Wildman–Crippen LogP) is 4.79. The molecule has 0 bridgehead atoms. The highest BCUT2D eigenvalue weighted by Crippen LogP contribution is 2.20. The van der Waals surface area contributed by atoms with Crippen molar-refractivity contribution < 1.29 is 4.79 Å². The molecule has 0 aliphatic heterocycles. The zero-order valence-corrected chi connectivity index (χ0v) is 14.5. The molecule has 0 spiro atoms. The Balaban J connectivity index is 2.16. The standard InChI is InChI=1S/C16H15Br2NO/c1-11-3-8-15(18)14(9-11)16(20)19(2)10-12-4-6-13(17)7-5-12/h3-9H,10H2,1-2H3. The topological polar surface area (TPSA) is 20.3 Å². The molecule has 0 aliphatic rings. The van der Waals surface area contributed by atoms with Crippen molar-refractivity contribution in [2.75, 3.05) is 7.05 Å². The largest absolute Gasteiger partial charge is 0.337 e. The maximum absolute atomic E-state index is 12.5. The fourth-order valence-corrected chi connectivity index (χ4v) is 2.62. The number of amides is 1. The molecule has 0 radical (unpaired) electrons. The molecule has 0 aromatic heterocycles. The van der Waals surface area contributed by atoms with E-state index in [1.807, 2.05) is 56.4 Å². The summed E-state index contributed by atoms with van der Waals surface area (Å²) in [6.45, 7) is 2.57. The molecule has 0 fully saturated rings. The molecule has 0 saturated heterocycles. The molecule has 2 aromatic carbocycles. The van der Waals surface area contributed by atoms with Crippen molar-refractivity contribution in [3.8, 4) is 0 Å². The SMILES string of the molecule is Cc1ccc(Br)c(C(=O)N(C)Cc2ccc(Br)cc2)c1. The summed E-state index contributed by atoms with van der Waals surface area (Å²) in [5.74, 6) is 0.0171. The summed E-state index contributed by atoms with van der Waals surface area (Å²) < 4.78 is 1.87. The fraction of sp³-hybridized carbons (Fsp3) is 0.188. The fourth-order valence-electron chi connectivity index (χ4n) is 1.94. The second-order valence-electron chi connectivity index (χ2n) is 4.77. The van der Waals surface area contributed by atoms with Crippen LogP contribution in [0.25, 0.3) is 0 Å². The van der Waals surface area contributed by atoms with Crippen LogP contribution in [0.4, 0.5) is 0 Å². The first kappa shape index (κ1) is 15.3. The predicted molar refractivity (Wildman–Crippen MR) is 88.8 cm³/mol. The number of aryl methyl sites for hydroxylation is 1. The lowest BCUT2D eigenvalue weighted by molar-refractivity contribution is 0.0784. The second kappa shape index (κ2) is 6.55. The van der Waals surface area contributed by atoms with Crippen LogP contribution >= 0.6 is 31.9 Å². The third kappa shape index (κ3) is 3.70. The van der Waals surface area contributed by atoms with Crippen LogP contribution in [0.15, 0.2) is 51.4 Å². The first-order valence-electron chi connectivity index (χ1n) is 6.23. The Kier molecular flexibility index (Phi) is 5.00. The lowest BCUT2D eigenvalue weighted by Crippen LogP contribution is -2.26. The number of benzene rings is 2. The smallest absolute Gasteiger partial charge is 0.255 e. The Hall–Kier alpha value is -1.13. The monoisotopic (exact) mass is 395 g/mol. The summed E-state index contributed by atoms with van der Waals surface area (Å²) in [4.78, 5) is 14.2. The average Bonchev–Trinajstić information content (AvgIpc) is 2.43. The highest BCUT2D eigenvalue weighted by atomic mass is 79.9. The van der Waals surface area contributed by atoms with Crippen molar-refractivity contribution in [1.29, 1.82) is 0 Å². The minimum absolute atomic E-state index is 0.0171. The molecular formula is C16H15Br2NO. The molecule has 0 unspecified atom stereocenters. The zero-order chi connectivity index (χ0) is 14.7. The molecule has 2 aromatic rings. The van der Waals surface area contributed by atoms with E-state index in [2.05, 4.69) is 31.9 Å². The van der Waals surface area contributed by atoms with Gasteiger partial charge in [0.2, 0.25) is 0 Å². The average molecular weight is 397 g/mol. The third-order valence-electron chi connectivity index (χ3n) is 3.03. The van der Waals surface area contributed by atoms with Gasteiger partial charge in [-0.2, -0.15) is 0 Å². The van der Waals surface area contributed by atoms with E-state index >= 15 is 0 Å². The van der Waals surface area contributed by atoms with Gasteiger partial charge in [0.05, 0.1) is 5.56 Å². The van der Waals surface area contributed by atoms with Crippen LogP contribution in [0.5, 0.6) is 0 Å². The Morgan fingerprint density at radius 3 is 2.40 bits per heavy atom. The zero-order valence-electron chi connectivity index (χ0n) is 11.4. The van der Waals surface area contributed by atoms with Gasteiger partial charge in [-0.3, -0.25) is 4.79 Å². The molecule has 0 heterocycles. The van der Waals surface area contributed by atoms with Crippen molar-refractivity contribution in [3.63, 3.8) is 0 Å². The molecule has 4 heteroatoms. The van der Waals surface area contributed by atoms with Gasteiger partial charge in [0.1, 0.15) is 0 Å². The van der Waals surface area contributed by atoms with Gasteiger partial charge in [0.15, 0.2) is 0 Å². The van der Waals surface area contributed by atoms with E-state index in [1.54, 1.807) is 4.90 Å². The van der Waals surface area contributed by atoms with E-state index in [-0.39, 0.29) is 5.91 Å². The Morgan fingerprint density at radius 2 is 1.75 bits per heavy atom. The van der Waals surface area contributed by atoms with Gasteiger partial charge in [-0.15, -0.1) is 0 Å². The van der Waals surface area contributed by atoms with Crippen LogP contribution in [0, 0.1) is 6.92 Å². The van der Waals surface area contributed by atoms with Gasteiger partial charge < -0.3 is 4.90 Å². The van der Waals surface area contributed by atoms with Crippen LogP contribution in [0.2, 0.25) is 0 Å². The van der Waals surface area contributed by atoms with E-state index in [4.69, 9.17) is 0 Å². The van der Waals surface area contributed by atoms with Crippen LogP contribution in [0.1, 0.15) is 21.5 Å². The van der Waals surface area contributed by atoms with Crippen molar-refractivity contribution in [2.45, 2.75) is 13.5 Å².